The molecular weight excluding hydrogens is 460 g/mol. The summed E-state index contributed by atoms with van der Waals surface area (Å²) in [7, 11) is 2.10. The van der Waals surface area contributed by atoms with Gasteiger partial charge in [0.1, 0.15) is 6.61 Å². The normalized spacial score (nSPS) is 21.9. The fourth-order valence-electron chi connectivity index (χ4n) is 5.29. The first-order valence-electron chi connectivity index (χ1n) is 12.2. The van der Waals surface area contributed by atoms with Gasteiger partial charge in [0, 0.05) is 48.3 Å². The number of ether oxygens (including phenoxy) is 1. The van der Waals surface area contributed by atoms with E-state index in [4.69, 9.17) is 9.72 Å². The zero-order valence-electron chi connectivity index (χ0n) is 20.3. The van der Waals surface area contributed by atoms with E-state index in [2.05, 4.69) is 27.6 Å². The molecule has 0 bridgehead atoms. The van der Waals surface area contributed by atoms with Gasteiger partial charge in [-0.1, -0.05) is 25.1 Å². The Morgan fingerprint density at radius 1 is 1.19 bits per heavy atom. The van der Waals surface area contributed by atoms with Crippen molar-refractivity contribution >= 4 is 23.1 Å². The summed E-state index contributed by atoms with van der Waals surface area (Å²) in [5.41, 5.74) is 5.44. The molecule has 1 aromatic carbocycles. The summed E-state index contributed by atoms with van der Waals surface area (Å²) < 4.78 is 6.83. The minimum absolute atomic E-state index is 0.107. The van der Waals surface area contributed by atoms with Crippen LogP contribution in [0.2, 0.25) is 0 Å². The molecule has 2 aromatic heterocycles. The fourth-order valence-corrected chi connectivity index (χ4v) is 5.29. The van der Waals surface area contributed by atoms with E-state index in [0.29, 0.717) is 29.1 Å². The number of aromatic nitrogens is 2. The average Bonchev–Trinajstić information content (AvgIpc) is 3.26. The molecule has 5 heterocycles. The number of cyclic esters (lactones) is 1. The predicted octanol–water partition coefficient (Wildman–Crippen LogP) is 1.17. The summed E-state index contributed by atoms with van der Waals surface area (Å²) in [6.07, 6.45) is 1.91. The highest BCUT2D eigenvalue weighted by atomic mass is 16.6. The van der Waals surface area contributed by atoms with Gasteiger partial charge in [0.2, 0.25) is 0 Å². The van der Waals surface area contributed by atoms with Crippen LogP contribution in [0.3, 0.4) is 0 Å². The Kier molecular flexibility index (Phi) is 5.40. The number of hydrazone groups is 1. The molecule has 10 nitrogen and oxygen atoms in total. The number of pyridine rings is 2. The number of carbonyl (C=O) groups excluding carboxylic acids is 1. The van der Waals surface area contributed by atoms with Gasteiger partial charge in [0.25, 0.3) is 5.56 Å². The standard InChI is InChI=1S/C26H28N6O4/c1-3-26(35)20-12-22-23-18(14-32(22)24(33)19(20)15-36-25(26)34)17(16-6-4-5-7-21(16)28-23)13-27-29-31-10-8-30(2)9-11-31/h4-7,12-13,29,35H,3,8-11,14-15H2,1-2H3/t26-/m0/s1. The highest BCUT2D eigenvalue weighted by Gasteiger charge is 2.45. The Bertz CT molecular complexity index is 1470. The molecule has 6 rings (SSSR count). The number of para-hydroxylation sites is 1. The van der Waals surface area contributed by atoms with Crippen molar-refractivity contribution in [3.63, 3.8) is 0 Å². The molecule has 10 heteroatoms. The summed E-state index contributed by atoms with van der Waals surface area (Å²) in [5, 5.41) is 18.7. The monoisotopic (exact) mass is 488 g/mol. The van der Waals surface area contributed by atoms with Gasteiger partial charge in [-0.05, 0) is 25.6 Å². The van der Waals surface area contributed by atoms with Gasteiger partial charge in [0.05, 0.1) is 35.2 Å². The van der Waals surface area contributed by atoms with Crippen molar-refractivity contribution in [1.82, 2.24) is 25.0 Å². The lowest BCUT2D eigenvalue weighted by Crippen LogP contribution is -2.49. The number of fused-ring (bicyclic) bond motifs is 5. The van der Waals surface area contributed by atoms with Crippen molar-refractivity contribution in [3.05, 3.63) is 62.9 Å². The van der Waals surface area contributed by atoms with E-state index in [9.17, 15) is 14.7 Å². The number of carbonyl (C=O) groups is 1. The molecule has 0 radical (unpaired) electrons. The van der Waals surface area contributed by atoms with Crippen LogP contribution in [0.5, 0.6) is 0 Å². The highest BCUT2D eigenvalue weighted by molar-refractivity contribution is 6.02. The number of rotatable bonds is 4. The number of hydrogen-bond acceptors (Lipinski definition) is 9. The summed E-state index contributed by atoms with van der Waals surface area (Å²) in [4.78, 5) is 33.1. The molecule has 0 unspecified atom stereocenters. The molecule has 186 valence electrons. The van der Waals surface area contributed by atoms with Crippen molar-refractivity contribution < 1.29 is 14.6 Å². The van der Waals surface area contributed by atoms with E-state index >= 15 is 0 Å². The molecule has 0 amide bonds. The van der Waals surface area contributed by atoms with Gasteiger partial charge in [0.15, 0.2) is 5.60 Å². The van der Waals surface area contributed by atoms with Gasteiger partial charge in [-0.25, -0.2) is 20.3 Å². The predicted molar refractivity (Wildman–Crippen MR) is 134 cm³/mol. The average molecular weight is 489 g/mol. The quantitative estimate of drug-likeness (QED) is 0.250. The molecule has 2 N–H and O–H groups in total. The van der Waals surface area contributed by atoms with Crippen molar-refractivity contribution in [2.45, 2.75) is 32.1 Å². The number of hydrogen-bond donors (Lipinski definition) is 2. The Morgan fingerprint density at radius 2 is 1.97 bits per heavy atom. The second-order valence-corrected chi connectivity index (χ2v) is 9.62. The van der Waals surface area contributed by atoms with Gasteiger partial charge in [-0.15, -0.1) is 0 Å². The molecule has 1 saturated heterocycles. The van der Waals surface area contributed by atoms with Crippen molar-refractivity contribution in [2.24, 2.45) is 5.10 Å². The molecule has 3 aromatic rings. The second kappa shape index (κ2) is 8.51. The van der Waals surface area contributed by atoms with Gasteiger partial charge < -0.3 is 19.3 Å². The zero-order valence-corrected chi connectivity index (χ0v) is 20.3. The lowest BCUT2D eigenvalue weighted by atomic mass is 9.86. The van der Waals surface area contributed by atoms with Crippen LogP contribution in [0.4, 0.5) is 0 Å². The zero-order chi connectivity index (χ0) is 25.0. The third-order valence-corrected chi connectivity index (χ3v) is 7.54. The first-order valence-corrected chi connectivity index (χ1v) is 12.2. The number of benzene rings is 1. The molecule has 36 heavy (non-hydrogen) atoms. The SMILES string of the molecule is CC[C@@]1(O)C(=O)OCc2c1cc1n(c2=O)Cc2c-1nc1ccccc1c2C=NNN1CCN(C)CC1. The summed E-state index contributed by atoms with van der Waals surface area (Å²) in [6.45, 7) is 5.55. The Labute approximate surface area is 207 Å². The van der Waals surface area contributed by atoms with Gasteiger partial charge in [-0.2, -0.15) is 5.10 Å². The van der Waals surface area contributed by atoms with Crippen molar-refractivity contribution in [2.75, 3.05) is 33.2 Å². The maximum absolute atomic E-state index is 13.5. The van der Waals surface area contributed by atoms with Crippen molar-refractivity contribution in [1.29, 1.82) is 0 Å². The number of likely N-dealkylation sites (N-methyl/N-ethyl adjacent to an activating group) is 1. The topological polar surface area (TPSA) is 112 Å². The van der Waals surface area contributed by atoms with E-state index in [1.807, 2.05) is 24.3 Å². The van der Waals surface area contributed by atoms with E-state index in [1.165, 1.54) is 0 Å². The van der Waals surface area contributed by atoms with E-state index in [1.54, 1.807) is 23.8 Å². The third-order valence-electron chi connectivity index (χ3n) is 7.54. The first-order chi connectivity index (χ1) is 17.4. The van der Waals surface area contributed by atoms with Crippen LogP contribution >= 0.6 is 0 Å². The molecule has 3 aliphatic rings. The number of esters is 1. The Morgan fingerprint density at radius 3 is 2.75 bits per heavy atom. The van der Waals surface area contributed by atoms with Crippen LogP contribution < -0.4 is 11.1 Å². The number of nitrogens with zero attached hydrogens (tertiary/aromatic N) is 5. The van der Waals surface area contributed by atoms with Crippen LogP contribution in [0.15, 0.2) is 40.2 Å². The van der Waals surface area contributed by atoms with E-state index in [0.717, 1.165) is 48.2 Å². The summed E-state index contributed by atoms with van der Waals surface area (Å²) >= 11 is 0. The number of hydrazine groups is 1. The second-order valence-electron chi connectivity index (χ2n) is 9.62. The summed E-state index contributed by atoms with van der Waals surface area (Å²) in [6, 6.07) is 9.54. The summed E-state index contributed by atoms with van der Waals surface area (Å²) in [5.74, 6) is -0.727. The van der Waals surface area contributed by atoms with Crippen LogP contribution in [-0.4, -0.2) is 70.0 Å². The minimum atomic E-state index is -1.85. The molecular formula is C26H28N6O4. The van der Waals surface area contributed by atoms with E-state index < -0.39 is 11.6 Å². The number of piperazine rings is 1. The maximum atomic E-state index is 13.5. The molecule has 1 fully saturated rings. The molecule has 1 atom stereocenters. The smallest absolute Gasteiger partial charge is 0.343 e. The van der Waals surface area contributed by atoms with Crippen LogP contribution in [0, 0.1) is 0 Å². The lowest BCUT2D eigenvalue weighted by Gasteiger charge is -2.31. The Balaban J connectivity index is 1.47. The van der Waals surface area contributed by atoms with Crippen LogP contribution in [0.1, 0.15) is 35.6 Å². The number of nitrogens with one attached hydrogen (secondary N) is 1. The maximum Gasteiger partial charge on any atom is 0.343 e. The minimum Gasteiger partial charge on any atom is -0.458 e. The van der Waals surface area contributed by atoms with Gasteiger partial charge >= 0.3 is 5.97 Å². The van der Waals surface area contributed by atoms with Crippen LogP contribution in [-0.2, 0) is 28.3 Å². The fraction of sp³-hybridized carbons (Fsp3) is 0.385. The Hall–Kier alpha value is -3.60. The first kappa shape index (κ1) is 22.8. The molecule has 0 aliphatic carbocycles. The largest absolute Gasteiger partial charge is 0.458 e. The highest BCUT2D eigenvalue weighted by Crippen LogP contribution is 2.39. The third kappa shape index (κ3) is 3.44. The van der Waals surface area contributed by atoms with Crippen LogP contribution in [0.25, 0.3) is 22.3 Å². The molecule has 0 saturated carbocycles. The van der Waals surface area contributed by atoms with Gasteiger partial charge in [-0.3, -0.25) is 4.79 Å². The molecule has 0 spiro atoms. The number of aliphatic hydroxyl groups is 1. The van der Waals surface area contributed by atoms with Crippen molar-refractivity contribution in [3.8, 4) is 11.4 Å². The lowest BCUT2D eigenvalue weighted by molar-refractivity contribution is -0.172. The molecule has 3 aliphatic heterocycles. The van der Waals surface area contributed by atoms with E-state index in [-0.39, 0.29) is 18.6 Å².